The van der Waals surface area contributed by atoms with E-state index in [0.29, 0.717) is 13.0 Å². The molecule has 0 atom stereocenters. The second-order valence-electron chi connectivity index (χ2n) is 6.67. The molecule has 0 unspecified atom stereocenters. The van der Waals surface area contributed by atoms with Crippen LogP contribution in [0.1, 0.15) is 39.2 Å². The normalized spacial score (nSPS) is 10.6. The van der Waals surface area contributed by atoms with Crippen molar-refractivity contribution in [3.8, 4) is 0 Å². The average molecular weight is 362 g/mol. The monoisotopic (exact) mass is 362 g/mol. The predicted octanol–water partition coefficient (Wildman–Crippen LogP) is 4.06. The van der Waals surface area contributed by atoms with Gasteiger partial charge in [-0.3, -0.25) is 4.79 Å². The summed E-state index contributed by atoms with van der Waals surface area (Å²) in [4.78, 5) is 28.3. The molecule has 0 saturated heterocycles. The van der Waals surface area contributed by atoms with Crippen molar-refractivity contribution in [2.24, 2.45) is 5.11 Å². The molecule has 0 bridgehead atoms. The molecule has 142 valence electrons. The zero-order valence-electron chi connectivity index (χ0n) is 15.6. The molecule has 26 heavy (non-hydrogen) atoms. The highest BCUT2D eigenvalue weighted by Crippen LogP contribution is 2.10. The first kappa shape index (κ1) is 21.3. The molecule has 0 N–H and O–H groups in total. The first-order valence-electron chi connectivity index (χ1n) is 8.50. The van der Waals surface area contributed by atoms with E-state index in [-0.39, 0.29) is 32.1 Å². The number of esters is 1. The number of hydrogen-bond donors (Lipinski definition) is 0. The third-order valence-corrected chi connectivity index (χ3v) is 3.22. The van der Waals surface area contributed by atoms with Gasteiger partial charge in [0.2, 0.25) is 0 Å². The van der Waals surface area contributed by atoms with Gasteiger partial charge in [0.25, 0.3) is 0 Å². The summed E-state index contributed by atoms with van der Waals surface area (Å²) in [6.45, 7) is 6.29. The van der Waals surface area contributed by atoms with Crippen molar-refractivity contribution < 1.29 is 19.1 Å². The van der Waals surface area contributed by atoms with Gasteiger partial charge in [-0.25, -0.2) is 4.79 Å². The Morgan fingerprint density at radius 3 is 2.50 bits per heavy atom. The smallest absolute Gasteiger partial charge is 0.410 e. The van der Waals surface area contributed by atoms with Crippen LogP contribution in [0.3, 0.4) is 0 Å². The SMILES string of the molecule is CC(C)(C)OC(=O)CCN(CCCN=[N+]=[N-])C(=O)OCc1ccccc1. The van der Waals surface area contributed by atoms with Gasteiger partial charge in [0.15, 0.2) is 0 Å². The van der Waals surface area contributed by atoms with Crippen LogP contribution in [0.15, 0.2) is 35.4 Å². The van der Waals surface area contributed by atoms with Crippen LogP contribution in [0.5, 0.6) is 0 Å². The maximum atomic E-state index is 12.3. The number of carbonyl (C=O) groups excluding carboxylic acids is 2. The Balaban J connectivity index is 2.56. The molecule has 8 nitrogen and oxygen atoms in total. The second kappa shape index (κ2) is 11.0. The number of nitrogens with zero attached hydrogens (tertiary/aromatic N) is 4. The van der Waals surface area contributed by atoms with Crippen molar-refractivity contribution in [1.82, 2.24) is 4.90 Å². The molecule has 8 heteroatoms. The number of benzene rings is 1. The fraction of sp³-hybridized carbons (Fsp3) is 0.556. The first-order chi connectivity index (χ1) is 12.3. The van der Waals surface area contributed by atoms with E-state index in [4.69, 9.17) is 15.0 Å². The molecule has 1 amide bonds. The van der Waals surface area contributed by atoms with Gasteiger partial charge >= 0.3 is 12.1 Å². The van der Waals surface area contributed by atoms with Crippen LogP contribution in [-0.2, 0) is 20.9 Å². The Kier molecular flexibility index (Phi) is 9.01. The molecule has 0 aromatic heterocycles. The van der Waals surface area contributed by atoms with Crippen LogP contribution in [0, 0.1) is 0 Å². The van der Waals surface area contributed by atoms with Crippen LogP contribution in [0.2, 0.25) is 0 Å². The molecular weight excluding hydrogens is 336 g/mol. The van der Waals surface area contributed by atoms with E-state index in [9.17, 15) is 9.59 Å². The molecule has 0 spiro atoms. The summed E-state index contributed by atoms with van der Waals surface area (Å²) in [5.41, 5.74) is 8.63. The van der Waals surface area contributed by atoms with Gasteiger partial charge in [0.05, 0.1) is 6.42 Å². The minimum Gasteiger partial charge on any atom is -0.460 e. The lowest BCUT2D eigenvalue weighted by Crippen LogP contribution is -2.35. The van der Waals surface area contributed by atoms with Crippen LogP contribution in [0.25, 0.3) is 10.4 Å². The van der Waals surface area contributed by atoms with E-state index >= 15 is 0 Å². The molecule has 1 aromatic rings. The van der Waals surface area contributed by atoms with Crippen LogP contribution >= 0.6 is 0 Å². The fourth-order valence-corrected chi connectivity index (χ4v) is 2.10. The summed E-state index contributed by atoms with van der Waals surface area (Å²) < 4.78 is 10.6. The van der Waals surface area contributed by atoms with Crippen molar-refractivity contribution in [3.05, 3.63) is 46.3 Å². The van der Waals surface area contributed by atoms with E-state index in [1.165, 1.54) is 4.90 Å². The Labute approximate surface area is 153 Å². The minimum absolute atomic E-state index is 0.0687. The fourth-order valence-electron chi connectivity index (χ4n) is 2.10. The first-order valence-corrected chi connectivity index (χ1v) is 8.50. The topological polar surface area (TPSA) is 105 Å². The van der Waals surface area contributed by atoms with Crippen molar-refractivity contribution in [1.29, 1.82) is 0 Å². The lowest BCUT2D eigenvalue weighted by Gasteiger charge is -2.23. The molecule has 0 fully saturated rings. The highest BCUT2D eigenvalue weighted by atomic mass is 16.6. The minimum atomic E-state index is -0.572. The summed E-state index contributed by atoms with van der Waals surface area (Å²) in [6, 6.07) is 9.33. The maximum absolute atomic E-state index is 12.3. The van der Waals surface area contributed by atoms with Crippen molar-refractivity contribution in [3.63, 3.8) is 0 Å². The average Bonchev–Trinajstić information content (AvgIpc) is 2.58. The van der Waals surface area contributed by atoms with E-state index in [1.807, 2.05) is 30.3 Å². The zero-order valence-corrected chi connectivity index (χ0v) is 15.6. The molecule has 0 radical (unpaired) electrons. The molecular formula is C18H26N4O4. The number of carbonyl (C=O) groups is 2. The van der Waals surface area contributed by atoms with Gasteiger partial charge in [0, 0.05) is 24.5 Å². The van der Waals surface area contributed by atoms with Gasteiger partial charge < -0.3 is 14.4 Å². The molecule has 0 aliphatic carbocycles. The van der Waals surface area contributed by atoms with E-state index in [1.54, 1.807) is 20.8 Å². The number of hydrogen-bond acceptors (Lipinski definition) is 5. The molecule has 1 rings (SSSR count). The Morgan fingerprint density at radius 1 is 1.19 bits per heavy atom. The number of amides is 1. The molecule has 1 aromatic carbocycles. The van der Waals surface area contributed by atoms with Gasteiger partial charge in [-0.1, -0.05) is 35.4 Å². The lowest BCUT2D eigenvalue weighted by atomic mass is 10.2. The van der Waals surface area contributed by atoms with Gasteiger partial charge in [-0.05, 0) is 38.3 Å². The summed E-state index contributed by atoms with van der Waals surface area (Å²) >= 11 is 0. The summed E-state index contributed by atoms with van der Waals surface area (Å²) in [6.07, 6.45) is 0.0382. The van der Waals surface area contributed by atoms with E-state index < -0.39 is 11.7 Å². The van der Waals surface area contributed by atoms with Gasteiger partial charge in [-0.2, -0.15) is 0 Å². The van der Waals surface area contributed by atoms with Crippen molar-refractivity contribution >= 4 is 12.1 Å². The Morgan fingerprint density at radius 2 is 1.88 bits per heavy atom. The number of ether oxygens (including phenoxy) is 2. The molecule has 0 aliphatic heterocycles. The third-order valence-electron chi connectivity index (χ3n) is 3.22. The number of azide groups is 1. The van der Waals surface area contributed by atoms with Crippen molar-refractivity contribution in [2.75, 3.05) is 19.6 Å². The maximum Gasteiger partial charge on any atom is 0.410 e. The summed E-state index contributed by atoms with van der Waals surface area (Å²) in [7, 11) is 0. The van der Waals surface area contributed by atoms with Crippen molar-refractivity contribution in [2.45, 2.75) is 45.8 Å². The number of rotatable bonds is 9. The Bertz CT molecular complexity index is 622. The summed E-state index contributed by atoms with van der Waals surface area (Å²) in [5.74, 6) is -0.381. The second-order valence-corrected chi connectivity index (χ2v) is 6.67. The van der Waals surface area contributed by atoms with Gasteiger partial charge in [0.1, 0.15) is 12.2 Å². The quantitative estimate of drug-likeness (QED) is 0.217. The standard InChI is InChI=1S/C18H26N4O4/c1-18(2,3)26-16(23)10-13-22(12-7-11-20-21-19)17(24)25-14-15-8-5-4-6-9-15/h4-6,8-9H,7,10-14H2,1-3H3. The van der Waals surface area contributed by atoms with Crippen LogP contribution < -0.4 is 0 Å². The van der Waals surface area contributed by atoms with Crippen LogP contribution in [0.4, 0.5) is 4.79 Å². The van der Waals surface area contributed by atoms with E-state index in [0.717, 1.165) is 5.56 Å². The Hall–Kier alpha value is -2.73. The largest absolute Gasteiger partial charge is 0.460 e. The van der Waals surface area contributed by atoms with E-state index in [2.05, 4.69) is 10.0 Å². The molecule has 0 aliphatic rings. The van der Waals surface area contributed by atoms with Crippen LogP contribution in [-0.4, -0.2) is 42.2 Å². The lowest BCUT2D eigenvalue weighted by molar-refractivity contribution is -0.155. The summed E-state index contributed by atoms with van der Waals surface area (Å²) in [5, 5.41) is 3.45. The molecule has 0 heterocycles. The van der Waals surface area contributed by atoms with Gasteiger partial charge in [-0.15, -0.1) is 0 Å². The highest BCUT2D eigenvalue weighted by molar-refractivity contribution is 5.72. The third kappa shape index (κ3) is 9.54. The predicted molar refractivity (Wildman–Crippen MR) is 97.3 cm³/mol. The zero-order chi connectivity index (χ0) is 19.4. The highest BCUT2D eigenvalue weighted by Gasteiger charge is 2.20. The molecule has 0 saturated carbocycles.